The van der Waals surface area contributed by atoms with E-state index in [1.165, 1.54) is 31.2 Å². The third-order valence-corrected chi connectivity index (χ3v) is 4.40. The van der Waals surface area contributed by atoms with E-state index < -0.39 is 0 Å². The first-order chi connectivity index (χ1) is 11.8. The van der Waals surface area contributed by atoms with Crippen molar-refractivity contribution in [2.24, 2.45) is 0 Å². The molecule has 128 valence electrons. The van der Waals surface area contributed by atoms with Crippen LogP contribution in [0.2, 0.25) is 0 Å². The summed E-state index contributed by atoms with van der Waals surface area (Å²) >= 11 is 0. The van der Waals surface area contributed by atoms with Crippen molar-refractivity contribution in [2.45, 2.75) is 57.9 Å². The van der Waals surface area contributed by atoms with Crippen molar-refractivity contribution in [2.75, 3.05) is 0 Å². The molecule has 0 heterocycles. The topological polar surface area (TPSA) is 29.1 Å². The zero-order chi connectivity index (χ0) is 17.0. The smallest absolute Gasteiger partial charge is 0.251 e. The second-order valence-electron chi connectivity index (χ2n) is 6.41. The summed E-state index contributed by atoms with van der Waals surface area (Å²) in [7, 11) is 0. The van der Waals surface area contributed by atoms with Crippen LogP contribution in [0.5, 0.6) is 0 Å². The number of carbonyl (C=O) groups is 1. The van der Waals surface area contributed by atoms with E-state index in [0.717, 1.165) is 24.8 Å². The van der Waals surface area contributed by atoms with Crippen molar-refractivity contribution in [3.8, 4) is 0 Å². The molecule has 1 N–H and O–H groups in total. The SMILES string of the molecule is CCCCCC[C@H](CCc1ccccc1)NC(=O)c1ccccc1. The fourth-order valence-electron chi connectivity index (χ4n) is 2.95. The number of aryl methyl sites for hydroxylation is 1. The molecule has 2 heteroatoms. The van der Waals surface area contributed by atoms with Gasteiger partial charge in [0.15, 0.2) is 0 Å². The Morgan fingerprint density at radius 2 is 1.54 bits per heavy atom. The number of hydrogen-bond donors (Lipinski definition) is 1. The fourth-order valence-corrected chi connectivity index (χ4v) is 2.95. The molecular weight excluding hydrogens is 294 g/mol. The van der Waals surface area contributed by atoms with E-state index in [1.807, 2.05) is 36.4 Å². The lowest BCUT2D eigenvalue weighted by atomic mass is 9.99. The summed E-state index contributed by atoms with van der Waals surface area (Å²) in [5, 5.41) is 3.24. The third-order valence-electron chi connectivity index (χ3n) is 4.40. The van der Waals surface area contributed by atoms with Gasteiger partial charge in [-0.2, -0.15) is 0 Å². The summed E-state index contributed by atoms with van der Waals surface area (Å²) in [6, 6.07) is 20.3. The Labute approximate surface area is 146 Å². The van der Waals surface area contributed by atoms with Crippen LogP contribution >= 0.6 is 0 Å². The monoisotopic (exact) mass is 323 g/mol. The maximum absolute atomic E-state index is 12.4. The average molecular weight is 323 g/mol. The first kappa shape index (κ1) is 18.3. The van der Waals surface area contributed by atoms with E-state index in [-0.39, 0.29) is 11.9 Å². The highest BCUT2D eigenvalue weighted by Crippen LogP contribution is 2.13. The first-order valence-corrected chi connectivity index (χ1v) is 9.19. The number of carbonyl (C=O) groups excluding carboxylic acids is 1. The van der Waals surface area contributed by atoms with Crippen LogP contribution < -0.4 is 5.32 Å². The van der Waals surface area contributed by atoms with Gasteiger partial charge < -0.3 is 5.32 Å². The van der Waals surface area contributed by atoms with E-state index in [0.29, 0.717) is 0 Å². The molecule has 2 rings (SSSR count). The molecule has 0 aliphatic rings. The zero-order valence-corrected chi connectivity index (χ0v) is 14.7. The number of rotatable bonds is 10. The Balaban J connectivity index is 1.90. The number of unbranched alkanes of at least 4 members (excludes halogenated alkanes) is 3. The van der Waals surface area contributed by atoms with E-state index in [2.05, 4.69) is 36.5 Å². The normalized spacial score (nSPS) is 11.9. The van der Waals surface area contributed by atoms with Gasteiger partial charge in [0, 0.05) is 11.6 Å². The minimum absolute atomic E-state index is 0.0455. The predicted molar refractivity (Wildman–Crippen MR) is 101 cm³/mol. The Morgan fingerprint density at radius 3 is 2.21 bits per heavy atom. The molecule has 0 saturated carbocycles. The molecule has 0 fully saturated rings. The number of nitrogens with one attached hydrogen (secondary N) is 1. The Hall–Kier alpha value is -2.09. The van der Waals surface area contributed by atoms with Crippen molar-refractivity contribution < 1.29 is 4.79 Å². The zero-order valence-electron chi connectivity index (χ0n) is 14.7. The number of benzene rings is 2. The largest absolute Gasteiger partial charge is 0.349 e. The minimum atomic E-state index is 0.0455. The molecule has 0 saturated heterocycles. The molecular formula is C22H29NO. The highest BCUT2D eigenvalue weighted by atomic mass is 16.1. The lowest BCUT2D eigenvalue weighted by molar-refractivity contribution is 0.0932. The van der Waals surface area contributed by atoms with Crippen LogP contribution in [0.25, 0.3) is 0 Å². The molecule has 0 aromatic heterocycles. The molecule has 1 atom stereocenters. The average Bonchev–Trinajstić information content (AvgIpc) is 2.64. The summed E-state index contributed by atoms with van der Waals surface area (Å²) in [5.74, 6) is 0.0455. The quantitative estimate of drug-likeness (QED) is 0.584. The lowest BCUT2D eigenvalue weighted by Crippen LogP contribution is -2.35. The fraction of sp³-hybridized carbons (Fsp3) is 0.409. The Kier molecular flexibility index (Phi) is 8.09. The summed E-state index contributed by atoms with van der Waals surface area (Å²) in [5.41, 5.74) is 2.08. The van der Waals surface area contributed by atoms with Gasteiger partial charge in [0.2, 0.25) is 0 Å². The molecule has 0 aliphatic heterocycles. The standard InChI is InChI=1S/C22H29NO/c1-2-3-4-11-16-21(18-17-19-12-7-5-8-13-19)23-22(24)20-14-9-6-10-15-20/h5-10,12-15,21H,2-4,11,16-18H2,1H3,(H,23,24)/t21-/m1/s1. The van der Waals surface area contributed by atoms with Gasteiger partial charge in [-0.1, -0.05) is 81.1 Å². The van der Waals surface area contributed by atoms with Gasteiger partial charge in [-0.05, 0) is 37.0 Å². The summed E-state index contributed by atoms with van der Waals surface area (Å²) < 4.78 is 0. The van der Waals surface area contributed by atoms with Gasteiger partial charge in [0.1, 0.15) is 0 Å². The highest BCUT2D eigenvalue weighted by Gasteiger charge is 2.13. The summed E-state index contributed by atoms with van der Waals surface area (Å²) in [6.07, 6.45) is 8.01. The molecule has 2 aromatic rings. The van der Waals surface area contributed by atoms with Crippen LogP contribution in [0.1, 0.15) is 61.4 Å². The highest BCUT2D eigenvalue weighted by molar-refractivity contribution is 5.94. The van der Waals surface area contributed by atoms with E-state index >= 15 is 0 Å². The molecule has 0 spiro atoms. The second kappa shape index (κ2) is 10.6. The second-order valence-corrected chi connectivity index (χ2v) is 6.41. The third kappa shape index (κ3) is 6.57. The molecule has 1 amide bonds. The Morgan fingerprint density at radius 1 is 0.875 bits per heavy atom. The van der Waals surface area contributed by atoms with Crippen molar-refractivity contribution in [1.29, 1.82) is 0 Å². The summed E-state index contributed by atoms with van der Waals surface area (Å²) in [6.45, 7) is 2.23. The minimum Gasteiger partial charge on any atom is -0.349 e. The molecule has 24 heavy (non-hydrogen) atoms. The van der Waals surface area contributed by atoms with Crippen molar-refractivity contribution in [1.82, 2.24) is 5.32 Å². The predicted octanol–water partition coefficient (Wildman–Crippen LogP) is 5.39. The van der Waals surface area contributed by atoms with Crippen LogP contribution in [0, 0.1) is 0 Å². The molecule has 2 nitrogen and oxygen atoms in total. The van der Waals surface area contributed by atoms with Gasteiger partial charge in [0.05, 0.1) is 0 Å². The molecule has 0 unspecified atom stereocenters. The maximum Gasteiger partial charge on any atom is 0.251 e. The van der Waals surface area contributed by atoms with Gasteiger partial charge >= 0.3 is 0 Å². The van der Waals surface area contributed by atoms with Crippen LogP contribution in [0.4, 0.5) is 0 Å². The van der Waals surface area contributed by atoms with E-state index in [9.17, 15) is 4.79 Å². The van der Waals surface area contributed by atoms with Gasteiger partial charge in [-0.25, -0.2) is 0 Å². The van der Waals surface area contributed by atoms with Gasteiger partial charge in [-0.15, -0.1) is 0 Å². The van der Waals surface area contributed by atoms with Crippen molar-refractivity contribution in [3.05, 3.63) is 71.8 Å². The molecule has 0 radical (unpaired) electrons. The van der Waals surface area contributed by atoms with Gasteiger partial charge in [0.25, 0.3) is 5.91 Å². The molecule has 0 bridgehead atoms. The van der Waals surface area contributed by atoms with Crippen molar-refractivity contribution >= 4 is 5.91 Å². The molecule has 2 aromatic carbocycles. The Bertz CT molecular complexity index is 579. The van der Waals surface area contributed by atoms with Crippen LogP contribution in [-0.2, 0) is 6.42 Å². The maximum atomic E-state index is 12.4. The van der Waals surface area contributed by atoms with Crippen LogP contribution in [0.15, 0.2) is 60.7 Å². The number of hydrogen-bond acceptors (Lipinski definition) is 1. The van der Waals surface area contributed by atoms with E-state index in [4.69, 9.17) is 0 Å². The van der Waals surface area contributed by atoms with Crippen LogP contribution in [0.3, 0.4) is 0 Å². The van der Waals surface area contributed by atoms with Gasteiger partial charge in [-0.3, -0.25) is 4.79 Å². The number of amides is 1. The van der Waals surface area contributed by atoms with Crippen molar-refractivity contribution in [3.63, 3.8) is 0 Å². The summed E-state index contributed by atoms with van der Waals surface area (Å²) in [4.78, 5) is 12.4. The van der Waals surface area contributed by atoms with E-state index in [1.54, 1.807) is 0 Å². The van der Waals surface area contributed by atoms with Crippen LogP contribution in [-0.4, -0.2) is 11.9 Å². The lowest BCUT2D eigenvalue weighted by Gasteiger charge is -2.19. The molecule has 0 aliphatic carbocycles. The first-order valence-electron chi connectivity index (χ1n) is 9.19.